The summed E-state index contributed by atoms with van der Waals surface area (Å²) in [5.41, 5.74) is 0. The van der Waals surface area contributed by atoms with Gasteiger partial charge in [-0.1, -0.05) is 0 Å². The summed E-state index contributed by atoms with van der Waals surface area (Å²) >= 11 is 5.30. The molecule has 108 valence electrons. The van der Waals surface area contributed by atoms with Crippen molar-refractivity contribution in [3.63, 3.8) is 0 Å². The Hall–Kier alpha value is 0.0600. The first-order valence-corrected chi connectivity index (χ1v) is 8.61. The van der Waals surface area contributed by atoms with Gasteiger partial charge in [-0.25, -0.2) is 0 Å². The molecule has 0 aromatic carbocycles. The zero-order valence-corrected chi connectivity index (χ0v) is 14.4. The number of thiophene rings is 1. The molecule has 1 aromatic heterocycles. The number of rotatable bonds is 5. The number of hydrogen-bond acceptors (Lipinski definition) is 4. The fraction of sp³-hybridized carbons (Fsp3) is 0.714. The molecule has 5 heteroatoms. The number of halogens is 1. The van der Waals surface area contributed by atoms with Crippen molar-refractivity contribution < 1.29 is 0 Å². The highest BCUT2D eigenvalue weighted by Crippen LogP contribution is 2.19. The van der Waals surface area contributed by atoms with E-state index >= 15 is 0 Å². The third-order valence-electron chi connectivity index (χ3n) is 3.96. The monoisotopic (exact) mass is 345 g/mol. The first-order chi connectivity index (χ1) is 9.06. The summed E-state index contributed by atoms with van der Waals surface area (Å²) < 4.78 is 1.19. The minimum Gasteiger partial charge on any atom is -0.311 e. The van der Waals surface area contributed by atoms with E-state index in [0.717, 1.165) is 19.6 Å². The Balaban J connectivity index is 1.66. The number of hydrogen-bond donors (Lipinski definition) is 1. The fourth-order valence-electron chi connectivity index (χ4n) is 2.59. The molecule has 1 saturated heterocycles. The number of nitrogens with one attached hydrogen (secondary N) is 1. The Morgan fingerprint density at radius 2 is 2.05 bits per heavy atom. The molecule has 2 heterocycles. The molecular formula is C14H24BrN3S. The van der Waals surface area contributed by atoms with E-state index in [2.05, 4.69) is 63.4 Å². The summed E-state index contributed by atoms with van der Waals surface area (Å²) in [6.07, 6.45) is 0. The van der Waals surface area contributed by atoms with E-state index in [1.54, 1.807) is 11.3 Å². The van der Waals surface area contributed by atoms with Gasteiger partial charge >= 0.3 is 0 Å². The van der Waals surface area contributed by atoms with Gasteiger partial charge in [0.05, 0.1) is 0 Å². The molecule has 1 aromatic rings. The molecule has 1 aliphatic heterocycles. The lowest BCUT2D eigenvalue weighted by Crippen LogP contribution is -2.55. The summed E-state index contributed by atoms with van der Waals surface area (Å²) in [7, 11) is 2.24. The molecule has 0 aliphatic carbocycles. The zero-order chi connectivity index (χ0) is 13.8. The van der Waals surface area contributed by atoms with Crippen LogP contribution >= 0.6 is 27.3 Å². The minimum atomic E-state index is 0.664. The Labute approximate surface area is 129 Å². The smallest absolute Gasteiger partial charge is 0.0300 e. The maximum atomic E-state index is 3.54. The van der Waals surface area contributed by atoms with Crippen molar-refractivity contribution in [2.75, 3.05) is 33.2 Å². The molecule has 3 nitrogen and oxygen atoms in total. The highest BCUT2D eigenvalue weighted by Gasteiger charge is 2.25. The van der Waals surface area contributed by atoms with Crippen molar-refractivity contribution in [3.8, 4) is 0 Å². The normalized spacial score (nSPS) is 25.9. The average molecular weight is 346 g/mol. The molecule has 19 heavy (non-hydrogen) atoms. The van der Waals surface area contributed by atoms with E-state index in [1.165, 1.54) is 22.4 Å². The first kappa shape index (κ1) is 15.4. The Morgan fingerprint density at radius 1 is 1.37 bits per heavy atom. The number of likely N-dealkylation sites (N-methyl/N-ethyl adjacent to an activating group) is 1. The van der Waals surface area contributed by atoms with Crippen molar-refractivity contribution in [2.24, 2.45) is 0 Å². The van der Waals surface area contributed by atoms with Gasteiger partial charge in [0.15, 0.2) is 0 Å². The quantitative estimate of drug-likeness (QED) is 0.827. The van der Waals surface area contributed by atoms with E-state index in [1.807, 2.05) is 0 Å². The predicted octanol–water partition coefficient (Wildman–Crippen LogP) is 2.62. The van der Waals surface area contributed by atoms with Gasteiger partial charge in [-0.05, 0) is 42.9 Å². The fourth-order valence-corrected chi connectivity index (χ4v) is 4.01. The third kappa shape index (κ3) is 4.53. The second kappa shape index (κ2) is 7.18. The van der Waals surface area contributed by atoms with E-state index < -0.39 is 0 Å². The molecule has 2 rings (SSSR count). The standard InChI is InChI=1S/C14H24BrN3S/c1-11-8-18(9-12(2)17(11)3)5-4-16-7-14-6-13(15)10-19-14/h6,10-12,16H,4-5,7-9H2,1-3H3. The van der Waals surface area contributed by atoms with Gasteiger partial charge in [0.2, 0.25) is 0 Å². The van der Waals surface area contributed by atoms with E-state index in [0.29, 0.717) is 12.1 Å². The number of piperazine rings is 1. The van der Waals surface area contributed by atoms with Crippen LogP contribution in [0.1, 0.15) is 18.7 Å². The largest absolute Gasteiger partial charge is 0.311 e. The number of nitrogens with zero attached hydrogens (tertiary/aromatic N) is 2. The first-order valence-electron chi connectivity index (χ1n) is 6.94. The molecule has 0 radical (unpaired) electrons. The average Bonchev–Trinajstić information content (AvgIpc) is 2.77. The highest BCUT2D eigenvalue weighted by molar-refractivity contribution is 9.10. The lowest BCUT2D eigenvalue weighted by atomic mass is 10.1. The van der Waals surface area contributed by atoms with Crippen molar-refractivity contribution in [3.05, 3.63) is 20.8 Å². The molecule has 0 saturated carbocycles. The van der Waals surface area contributed by atoms with Crippen LogP contribution in [0.15, 0.2) is 15.9 Å². The Kier molecular flexibility index (Phi) is 5.84. The van der Waals surface area contributed by atoms with Crippen LogP contribution in [0.2, 0.25) is 0 Å². The Morgan fingerprint density at radius 3 is 2.63 bits per heavy atom. The third-order valence-corrected chi connectivity index (χ3v) is 5.66. The lowest BCUT2D eigenvalue weighted by Gasteiger charge is -2.42. The van der Waals surface area contributed by atoms with Crippen molar-refractivity contribution in [1.29, 1.82) is 0 Å². The second-order valence-corrected chi connectivity index (χ2v) is 7.44. The van der Waals surface area contributed by atoms with Crippen molar-refractivity contribution in [1.82, 2.24) is 15.1 Å². The van der Waals surface area contributed by atoms with Crippen molar-refractivity contribution >= 4 is 27.3 Å². The van der Waals surface area contributed by atoms with Gasteiger partial charge < -0.3 is 5.32 Å². The minimum absolute atomic E-state index is 0.664. The van der Waals surface area contributed by atoms with Crippen LogP contribution in [-0.4, -0.2) is 55.1 Å². The molecule has 1 fully saturated rings. The van der Waals surface area contributed by atoms with Gasteiger partial charge in [0.25, 0.3) is 0 Å². The van der Waals surface area contributed by atoms with Crippen molar-refractivity contribution in [2.45, 2.75) is 32.5 Å². The molecule has 0 spiro atoms. The molecule has 0 bridgehead atoms. The van der Waals surface area contributed by atoms with Gasteiger partial charge in [0, 0.05) is 59.5 Å². The molecular weight excluding hydrogens is 322 g/mol. The Bertz CT molecular complexity index is 384. The van der Waals surface area contributed by atoms with Gasteiger partial charge in [-0.15, -0.1) is 11.3 Å². The van der Waals surface area contributed by atoms with Crippen LogP contribution in [0.5, 0.6) is 0 Å². The summed E-state index contributed by atoms with van der Waals surface area (Å²) in [6.45, 7) is 10.2. The van der Waals surface area contributed by atoms with Crippen LogP contribution in [0, 0.1) is 0 Å². The van der Waals surface area contributed by atoms with Crippen LogP contribution in [0.4, 0.5) is 0 Å². The van der Waals surface area contributed by atoms with E-state index in [4.69, 9.17) is 0 Å². The second-order valence-electron chi connectivity index (χ2n) is 5.53. The molecule has 1 N–H and O–H groups in total. The summed E-state index contributed by atoms with van der Waals surface area (Å²) in [5.74, 6) is 0. The van der Waals surface area contributed by atoms with Crippen LogP contribution < -0.4 is 5.32 Å². The van der Waals surface area contributed by atoms with Gasteiger partial charge in [0.1, 0.15) is 0 Å². The molecule has 0 amide bonds. The summed E-state index contributed by atoms with van der Waals surface area (Å²) in [5, 5.41) is 5.68. The summed E-state index contributed by atoms with van der Waals surface area (Å²) in [6, 6.07) is 3.52. The van der Waals surface area contributed by atoms with E-state index in [-0.39, 0.29) is 0 Å². The summed E-state index contributed by atoms with van der Waals surface area (Å²) in [4.78, 5) is 6.45. The predicted molar refractivity (Wildman–Crippen MR) is 86.9 cm³/mol. The maximum Gasteiger partial charge on any atom is 0.0300 e. The van der Waals surface area contributed by atoms with Crippen LogP contribution in [0.25, 0.3) is 0 Å². The maximum absolute atomic E-state index is 3.54. The van der Waals surface area contributed by atoms with Crippen LogP contribution in [-0.2, 0) is 6.54 Å². The molecule has 2 atom stereocenters. The SMILES string of the molecule is CC1CN(CCNCc2cc(Br)cs2)CC(C)N1C. The van der Waals surface area contributed by atoms with Gasteiger partial charge in [-0.2, -0.15) is 0 Å². The zero-order valence-electron chi connectivity index (χ0n) is 12.0. The highest BCUT2D eigenvalue weighted by atomic mass is 79.9. The van der Waals surface area contributed by atoms with Gasteiger partial charge in [-0.3, -0.25) is 9.80 Å². The molecule has 1 aliphatic rings. The van der Waals surface area contributed by atoms with Crippen LogP contribution in [0.3, 0.4) is 0 Å². The molecule has 2 unspecified atom stereocenters. The topological polar surface area (TPSA) is 18.5 Å². The lowest BCUT2D eigenvalue weighted by molar-refractivity contribution is 0.0607. The van der Waals surface area contributed by atoms with E-state index in [9.17, 15) is 0 Å².